The topological polar surface area (TPSA) is 80.4 Å². The van der Waals surface area contributed by atoms with E-state index in [1.165, 1.54) is 30.0 Å². The van der Waals surface area contributed by atoms with Crippen molar-refractivity contribution in [2.24, 2.45) is 0 Å². The third-order valence-corrected chi connectivity index (χ3v) is 4.16. The Kier molecular flexibility index (Phi) is 4.82. The van der Waals surface area contributed by atoms with Crippen molar-refractivity contribution in [1.82, 2.24) is 0 Å². The Morgan fingerprint density at radius 2 is 2.00 bits per heavy atom. The number of halogens is 1. The van der Waals surface area contributed by atoms with Gasteiger partial charge in [-0.3, -0.25) is 10.1 Å². The molecular weight excluding hydrogens is 314 g/mol. The molecule has 0 amide bonds. The molecule has 5 nitrogen and oxygen atoms in total. The van der Waals surface area contributed by atoms with Crippen molar-refractivity contribution in [3.05, 3.63) is 68.7 Å². The van der Waals surface area contributed by atoms with Gasteiger partial charge in [-0.25, -0.2) is 4.79 Å². The number of thioether (sulfide) groups is 1. The Balaban J connectivity index is 2.22. The second-order valence-electron chi connectivity index (χ2n) is 4.12. The zero-order valence-electron chi connectivity index (χ0n) is 10.7. The number of carbonyl (C=O) groups is 1. The molecule has 0 unspecified atom stereocenters. The molecule has 0 atom stereocenters. The van der Waals surface area contributed by atoms with Gasteiger partial charge in [-0.05, 0) is 23.8 Å². The minimum Gasteiger partial charge on any atom is -0.477 e. The van der Waals surface area contributed by atoms with E-state index >= 15 is 0 Å². The minimum absolute atomic E-state index is 0.316. The van der Waals surface area contributed by atoms with Crippen molar-refractivity contribution < 1.29 is 14.8 Å². The summed E-state index contributed by atoms with van der Waals surface area (Å²) in [7, 11) is 0. The molecule has 2 aromatic carbocycles. The van der Waals surface area contributed by atoms with Gasteiger partial charge in [0.15, 0.2) is 0 Å². The number of rotatable bonds is 5. The van der Waals surface area contributed by atoms with Gasteiger partial charge in [0.05, 0.1) is 4.92 Å². The molecule has 0 bridgehead atoms. The number of hydrogen-bond donors (Lipinski definition) is 1. The fourth-order valence-corrected chi connectivity index (χ4v) is 2.93. The van der Waals surface area contributed by atoms with Gasteiger partial charge in [0.1, 0.15) is 5.56 Å². The molecule has 2 rings (SSSR count). The molecule has 21 heavy (non-hydrogen) atoms. The molecule has 0 saturated heterocycles. The Morgan fingerprint density at radius 1 is 1.29 bits per heavy atom. The predicted molar refractivity (Wildman–Crippen MR) is 81.1 cm³/mol. The lowest BCUT2D eigenvalue weighted by molar-refractivity contribution is -0.385. The van der Waals surface area contributed by atoms with Crippen molar-refractivity contribution in [2.75, 3.05) is 0 Å². The lowest BCUT2D eigenvalue weighted by atomic mass is 10.2. The van der Waals surface area contributed by atoms with E-state index in [-0.39, 0.29) is 5.56 Å². The lowest BCUT2D eigenvalue weighted by Gasteiger charge is -2.05. The van der Waals surface area contributed by atoms with E-state index in [0.717, 1.165) is 5.56 Å². The zero-order chi connectivity index (χ0) is 15.4. The highest BCUT2D eigenvalue weighted by atomic mass is 35.5. The van der Waals surface area contributed by atoms with Gasteiger partial charge in [0.25, 0.3) is 5.69 Å². The minimum atomic E-state index is -1.32. The highest BCUT2D eigenvalue weighted by Gasteiger charge is 2.20. The number of nitro groups is 1. The first-order valence-electron chi connectivity index (χ1n) is 5.87. The Labute approximate surface area is 129 Å². The number of aromatic carboxylic acids is 1. The highest BCUT2D eigenvalue weighted by molar-refractivity contribution is 7.98. The van der Waals surface area contributed by atoms with Crippen LogP contribution in [0.2, 0.25) is 5.02 Å². The predicted octanol–water partition coefficient (Wildman–Crippen LogP) is 4.24. The standard InChI is InChI=1S/C14H10ClNO4S/c15-12-4-2-1-3-9(12)8-21-10-5-6-13(16(19)20)11(7-10)14(17)18/h1-7H,8H2,(H,17,18). The van der Waals surface area contributed by atoms with E-state index in [1.54, 1.807) is 6.07 Å². The summed E-state index contributed by atoms with van der Waals surface area (Å²) < 4.78 is 0. The second-order valence-corrected chi connectivity index (χ2v) is 5.58. The van der Waals surface area contributed by atoms with E-state index in [0.29, 0.717) is 15.7 Å². The number of nitro benzene ring substituents is 1. The van der Waals surface area contributed by atoms with Gasteiger partial charge >= 0.3 is 5.97 Å². The van der Waals surface area contributed by atoms with Crippen LogP contribution in [0, 0.1) is 10.1 Å². The third-order valence-electron chi connectivity index (χ3n) is 2.75. The summed E-state index contributed by atoms with van der Waals surface area (Å²) in [6.45, 7) is 0. The van der Waals surface area contributed by atoms with Crippen molar-refractivity contribution in [2.45, 2.75) is 10.6 Å². The van der Waals surface area contributed by atoms with E-state index in [4.69, 9.17) is 16.7 Å². The molecule has 0 aromatic heterocycles. The molecule has 0 aliphatic heterocycles. The maximum Gasteiger partial charge on any atom is 0.342 e. The van der Waals surface area contributed by atoms with Gasteiger partial charge in [-0.2, -0.15) is 0 Å². The number of hydrogen-bond acceptors (Lipinski definition) is 4. The summed E-state index contributed by atoms with van der Waals surface area (Å²) in [6.07, 6.45) is 0. The second kappa shape index (κ2) is 6.60. The molecule has 2 aromatic rings. The van der Waals surface area contributed by atoms with Crippen molar-refractivity contribution in [3.8, 4) is 0 Å². The average Bonchev–Trinajstić information content (AvgIpc) is 2.46. The van der Waals surface area contributed by atoms with Gasteiger partial charge in [0, 0.05) is 21.7 Å². The van der Waals surface area contributed by atoms with Crippen LogP contribution in [-0.4, -0.2) is 16.0 Å². The van der Waals surface area contributed by atoms with Crippen molar-refractivity contribution >= 4 is 35.0 Å². The molecule has 0 heterocycles. The van der Waals surface area contributed by atoms with Gasteiger partial charge in [0.2, 0.25) is 0 Å². The Morgan fingerprint density at radius 3 is 2.62 bits per heavy atom. The molecular formula is C14H10ClNO4S. The molecule has 0 radical (unpaired) electrons. The van der Waals surface area contributed by atoms with Gasteiger partial charge in [-0.1, -0.05) is 29.8 Å². The molecule has 0 aliphatic carbocycles. The van der Waals surface area contributed by atoms with E-state index in [1.807, 2.05) is 18.2 Å². The third kappa shape index (κ3) is 3.74. The highest BCUT2D eigenvalue weighted by Crippen LogP contribution is 2.30. The van der Waals surface area contributed by atoms with Crippen LogP contribution in [0.15, 0.2) is 47.4 Å². The van der Waals surface area contributed by atoms with Crippen LogP contribution in [0.1, 0.15) is 15.9 Å². The number of nitrogens with zero attached hydrogens (tertiary/aromatic N) is 1. The fourth-order valence-electron chi connectivity index (χ4n) is 1.71. The lowest BCUT2D eigenvalue weighted by Crippen LogP contribution is -2.02. The van der Waals surface area contributed by atoms with E-state index < -0.39 is 16.6 Å². The first-order chi connectivity index (χ1) is 9.99. The monoisotopic (exact) mass is 323 g/mol. The van der Waals surface area contributed by atoms with Crippen molar-refractivity contribution in [1.29, 1.82) is 0 Å². The van der Waals surface area contributed by atoms with Crippen LogP contribution in [-0.2, 0) is 5.75 Å². The molecule has 1 N–H and O–H groups in total. The van der Waals surface area contributed by atoms with Crippen LogP contribution >= 0.6 is 23.4 Å². The first kappa shape index (κ1) is 15.3. The van der Waals surface area contributed by atoms with E-state index in [2.05, 4.69) is 0 Å². The molecule has 0 saturated carbocycles. The SMILES string of the molecule is O=C(O)c1cc(SCc2ccccc2Cl)ccc1[N+](=O)[O-]. The maximum atomic E-state index is 11.1. The van der Waals surface area contributed by atoms with Gasteiger partial charge < -0.3 is 5.11 Å². The maximum absolute atomic E-state index is 11.1. The van der Waals surface area contributed by atoms with Crippen molar-refractivity contribution in [3.63, 3.8) is 0 Å². The summed E-state index contributed by atoms with van der Waals surface area (Å²) in [6, 6.07) is 11.4. The molecule has 108 valence electrons. The zero-order valence-corrected chi connectivity index (χ0v) is 12.2. The first-order valence-corrected chi connectivity index (χ1v) is 7.23. The average molecular weight is 324 g/mol. The molecule has 7 heteroatoms. The van der Waals surface area contributed by atoms with Crippen LogP contribution < -0.4 is 0 Å². The quantitative estimate of drug-likeness (QED) is 0.505. The molecule has 0 spiro atoms. The normalized spacial score (nSPS) is 10.3. The fraction of sp³-hybridized carbons (Fsp3) is 0.0714. The van der Waals surface area contributed by atoms with Crippen LogP contribution in [0.5, 0.6) is 0 Å². The number of carboxylic acid groups (broad SMARTS) is 1. The Bertz CT molecular complexity index is 705. The summed E-state index contributed by atoms with van der Waals surface area (Å²) >= 11 is 7.41. The van der Waals surface area contributed by atoms with Crippen LogP contribution in [0.3, 0.4) is 0 Å². The van der Waals surface area contributed by atoms with E-state index in [9.17, 15) is 14.9 Å². The Hall–Kier alpha value is -2.05. The smallest absolute Gasteiger partial charge is 0.342 e. The molecule has 0 aliphatic rings. The largest absolute Gasteiger partial charge is 0.477 e. The molecule has 0 fully saturated rings. The summed E-state index contributed by atoms with van der Waals surface area (Å²) in [5.74, 6) is -0.766. The summed E-state index contributed by atoms with van der Waals surface area (Å²) in [5, 5.41) is 20.4. The van der Waals surface area contributed by atoms with Gasteiger partial charge in [-0.15, -0.1) is 11.8 Å². The number of carboxylic acids is 1. The summed E-state index contributed by atoms with van der Waals surface area (Å²) in [4.78, 5) is 21.8. The van der Waals surface area contributed by atoms with Crippen LogP contribution in [0.4, 0.5) is 5.69 Å². The van der Waals surface area contributed by atoms with Crippen LogP contribution in [0.25, 0.3) is 0 Å². The number of benzene rings is 2. The summed E-state index contributed by atoms with van der Waals surface area (Å²) in [5.41, 5.74) is 0.188.